The van der Waals surface area contributed by atoms with Crippen molar-refractivity contribution in [2.24, 2.45) is 17.8 Å². The van der Waals surface area contributed by atoms with Crippen molar-refractivity contribution in [3.05, 3.63) is 12.2 Å². The standard InChI is InChI=1S/C17H22F2O5/c1-4-12(15(21)24-14(20)9(2)3)17(18,19)16(22)23-13-8-10-5-6-11(13)7-10/h10-13H,2,4-8H2,1,3H3. The summed E-state index contributed by atoms with van der Waals surface area (Å²) in [7, 11) is 0. The van der Waals surface area contributed by atoms with E-state index in [4.69, 9.17) is 4.74 Å². The first-order chi connectivity index (χ1) is 11.2. The number of hydrogen-bond acceptors (Lipinski definition) is 5. The van der Waals surface area contributed by atoms with Crippen molar-refractivity contribution in [1.29, 1.82) is 0 Å². The molecule has 0 aliphatic heterocycles. The molecule has 0 aromatic rings. The van der Waals surface area contributed by atoms with Gasteiger partial charge >= 0.3 is 23.8 Å². The third-order valence-electron chi connectivity index (χ3n) is 4.88. The summed E-state index contributed by atoms with van der Waals surface area (Å²) in [6, 6.07) is 0. The molecule has 134 valence electrons. The van der Waals surface area contributed by atoms with Crippen molar-refractivity contribution in [2.45, 2.75) is 58.0 Å². The zero-order valence-corrected chi connectivity index (χ0v) is 13.8. The number of hydrogen-bond donors (Lipinski definition) is 0. The molecule has 0 aromatic heterocycles. The normalized spacial score (nSPS) is 26.8. The second-order valence-corrected chi connectivity index (χ2v) is 6.69. The zero-order chi connectivity index (χ0) is 18.1. The molecular weight excluding hydrogens is 322 g/mol. The van der Waals surface area contributed by atoms with E-state index in [0.717, 1.165) is 19.3 Å². The van der Waals surface area contributed by atoms with Gasteiger partial charge in [-0.25, -0.2) is 9.59 Å². The van der Waals surface area contributed by atoms with E-state index in [0.29, 0.717) is 12.3 Å². The van der Waals surface area contributed by atoms with Crippen molar-refractivity contribution in [1.82, 2.24) is 0 Å². The van der Waals surface area contributed by atoms with Gasteiger partial charge in [-0.1, -0.05) is 13.5 Å². The molecule has 0 aromatic carbocycles. The Balaban J connectivity index is 2.02. The van der Waals surface area contributed by atoms with E-state index >= 15 is 0 Å². The fourth-order valence-corrected chi connectivity index (χ4v) is 3.51. The largest absolute Gasteiger partial charge is 0.458 e. The first kappa shape index (κ1) is 18.5. The highest BCUT2D eigenvalue weighted by Gasteiger charge is 2.54. The molecule has 2 aliphatic carbocycles. The average molecular weight is 344 g/mol. The lowest BCUT2D eigenvalue weighted by atomic mass is 9.96. The molecule has 0 saturated heterocycles. The van der Waals surface area contributed by atoms with Crippen LogP contribution in [0.1, 0.15) is 46.0 Å². The van der Waals surface area contributed by atoms with Gasteiger partial charge in [0.1, 0.15) is 12.0 Å². The molecule has 4 atom stereocenters. The third-order valence-corrected chi connectivity index (χ3v) is 4.88. The van der Waals surface area contributed by atoms with Crippen LogP contribution in [0.25, 0.3) is 0 Å². The van der Waals surface area contributed by atoms with Crippen LogP contribution >= 0.6 is 0 Å². The number of esters is 3. The quantitative estimate of drug-likeness (QED) is 0.421. The predicted octanol–water partition coefficient (Wildman–Crippen LogP) is 3.03. The Bertz CT molecular complexity index is 557. The number of carbonyl (C=O) groups excluding carboxylic acids is 3. The predicted molar refractivity (Wildman–Crippen MR) is 80.0 cm³/mol. The van der Waals surface area contributed by atoms with Crippen molar-refractivity contribution >= 4 is 17.9 Å². The topological polar surface area (TPSA) is 69.7 Å². The van der Waals surface area contributed by atoms with Gasteiger partial charge < -0.3 is 9.47 Å². The van der Waals surface area contributed by atoms with Crippen molar-refractivity contribution in [2.75, 3.05) is 0 Å². The SMILES string of the molecule is C=C(C)C(=O)OC(=O)C(CC)C(F)(F)C(=O)OC1CC2CCC1C2. The maximum atomic E-state index is 14.4. The molecule has 0 spiro atoms. The highest BCUT2D eigenvalue weighted by atomic mass is 19.3. The number of halogens is 2. The van der Waals surface area contributed by atoms with Gasteiger partial charge in [0, 0.05) is 5.57 Å². The molecule has 0 N–H and O–H groups in total. The number of carbonyl (C=O) groups is 3. The van der Waals surface area contributed by atoms with Crippen LogP contribution in [0.15, 0.2) is 12.2 Å². The summed E-state index contributed by atoms with van der Waals surface area (Å²) in [5.74, 6) is -9.79. The first-order valence-electron chi connectivity index (χ1n) is 8.17. The van der Waals surface area contributed by atoms with Crippen LogP contribution in [0.4, 0.5) is 8.78 Å². The van der Waals surface area contributed by atoms with Gasteiger partial charge in [-0.15, -0.1) is 0 Å². The van der Waals surface area contributed by atoms with Gasteiger partial charge in [-0.3, -0.25) is 4.79 Å². The van der Waals surface area contributed by atoms with Gasteiger partial charge in [0.15, 0.2) is 0 Å². The maximum Gasteiger partial charge on any atom is 0.378 e. The number of ether oxygens (including phenoxy) is 2. The van der Waals surface area contributed by atoms with Gasteiger partial charge in [0.25, 0.3) is 0 Å². The molecule has 0 amide bonds. The monoisotopic (exact) mass is 344 g/mol. The van der Waals surface area contributed by atoms with Crippen LogP contribution in [0.2, 0.25) is 0 Å². The van der Waals surface area contributed by atoms with E-state index in [9.17, 15) is 23.2 Å². The molecule has 7 heteroatoms. The fourth-order valence-electron chi connectivity index (χ4n) is 3.51. The van der Waals surface area contributed by atoms with Crippen LogP contribution in [-0.4, -0.2) is 29.9 Å². The number of fused-ring (bicyclic) bond motifs is 2. The van der Waals surface area contributed by atoms with Crippen LogP contribution in [-0.2, 0) is 23.9 Å². The summed E-state index contributed by atoms with van der Waals surface area (Å²) in [6.07, 6.45) is 2.55. The van der Waals surface area contributed by atoms with E-state index in [2.05, 4.69) is 11.3 Å². The third kappa shape index (κ3) is 3.65. The second kappa shape index (κ2) is 6.99. The Hall–Kier alpha value is -1.79. The minimum absolute atomic E-state index is 0.0916. The molecule has 2 bridgehead atoms. The van der Waals surface area contributed by atoms with Crippen molar-refractivity contribution < 1.29 is 32.6 Å². The van der Waals surface area contributed by atoms with Crippen LogP contribution < -0.4 is 0 Å². The Labute approximate surface area is 139 Å². The number of rotatable bonds is 6. The molecule has 5 nitrogen and oxygen atoms in total. The molecule has 0 radical (unpaired) electrons. The minimum Gasteiger partial charge on any atom is -0.458 e. The summed E-state index contributed by atoms with van der Waals surface area (Å²) in [4.78, 5) is 35.1. The Morgan fingerprint density at radius 2 is 1.92 bits per heavy atom. The van der Waals surface area contributed by atoms with Crippen molar-refractivity contribution in [3.63, 3.8) is 0 Å². The van der Waals surface area contributed by atoms with E-state index < -0.39 is 35.9 Å². The summed E-state index contributed by atoms with van der Waals surface area (Å²) in [6.45, 7) is 5.88. The first-order valence-corrected chi connectivity index (χ1v) is 8.17. The van der Waals surface area contributed by atoms with Gasteiger partial charge in [-0.05, 0) is 50.9 Å². The lowest BCUT2D eigenvalue weighted by Gasteiger charge is -2.27. The van der Waals surface area contributed by atoms with Gasteiger partial charge in [-0.2, -0.15) is 8.78 Å². The number of alkyl halides is 2. The molecule has 2 rings (SSSR count). The lowest BCUT2D eigenvalue weighted by Crippen LogP contribution is -2.45. The van der Waals surface area contributed by atoms with Gasteiger partial charge in [0.05, 0.1) is 0 Å². The Morgan fingerprint density at radius 1 is 1.25 bits per heavy atom. The highest BCUT2D eigenvalue weighted by molar-refractivity contribution is 5.97. The molecular formula is C17H22F2O5. The Morgan fingerprint density at radius 3 is 2.38 bits per heavy atom. The molecule has 2 fully saturated rings. The maximum absolute atomic E-state index is 14.4. The van der Waals surface area contributed by atoms with E-state index in [-0.39, 0.29) is 17.9 Å². The lowest BCUT2D eigenvalue weighted by molar-refractivity contribution is -0.196. The van der Waals surface area contributed by atoms with Crippen molar-refractivity contribution in [3.8, 4) is 0 Å². The van der Waals surface area contributed by atoms with Crippen LogP contribution in [0.3, 0.4) is 0 Å². The smallest absolute Gasteiger partial charge is 0.378 e. The summed E-state index contributed by atoms with van der Waals surface area (Å²) >= 11 is 0. The highest BCUT2D eigenvalue weighted by Crippen LogP contribution is 2.46. The molecule has 24 heavy (non-hydrogen) atoms. The molecule has 4 unspecified atom stereocenters. The summed E-state index contributed by atoms with van der Waals surface area (Å²) in [5, 5.41) is 0. The second-order valence-electron chi connectivity index (χ2n) is 6.69. The molecule has 2 aliphatic rings. The van der Waals surface area contributed by atoms with Crippen LogP contribution in [0, 0.1) is 17.8 Å². The average Bonchev–Trinajstić information content (AvgIpc) is 3.09. The Kier molecular flexibility index (Phi) is 5.40. The van der Waals surface area contributed by atoms with E-state index in [1.165, 1.54) is 13.8 Å². The van der Waals surface area contributed by atoms with Crippen LogP contribution in [0.5, 0.6) is 0 Å². The molecule has 2 saturated carbocycles. The fraction of sp³-hybridized carbons (Fsp3) is 0.706. The molecule has 0 heterocycles. The van der Waals surface area contributed by atoms with Gasteiger partial charge in [0.2, 0.25) is 0 Å². The minimum atomic E-state index is -4.04. The summed E-state index contributed by atoms with van der Waals surface area (Å²) in [5.41, 5.74) is -0.0916. The van der Waals surface area contributed by atoms with E-state index in [1.807, 2.05) is 0 Å². The van der Waals surface area contributed by atoms with E-state index in [1.54, 1.807) is 0 Å². The zero-order valence-electron chi connectivity index (χ0n) is 13.8. The summed E-state index contributed by atoms with van der Waals surface area (Å²) < 4.78 is 38.1.